The first kappa shape index (κ1) is 9.61. The van der Waals surface area contributed by atoms with E-state index in [-0.39, 0.29) is 0 Å². The van der Waals surface area contributed by atoms with Gasteiger partial charge in [0.1, 0.15) is 0 Å². The summed E-state index contributed by atoms with van der Waals surface area (Å²) in [5.74, 6) is 0. The van der Waals surface area contributed by atoms with E-state index in [0.29, 0.717) is 4.87 Å². The molecule has 0 N–H and O–H groups in total. The molecule has 1 aliphatic heterocycles. The Hall–Kier alpha value is 0.527. The summed E-state index contributed by atoms with van der Waals surface area (Å²) in [6.07, 6.45) is 3.78. The number of thiol groups is 1. The van der Waals surface area contributed by atoms with Gasteiger partial charge in [0.05, 0.1) is 0 Å². The number of rotatable bonds is 2. The Bertz CT molecular complexity index is 123. The van der Waals surface area contributed by atoms with Crippen molar-refractivity contribution >= 4 is 20.9 Å². The molecule has 0 spiro atoms. The van der Waals surface area contributed by atoms with Crippen molar-refractivity contribution < 1.29 is 4.43 Å². The summed E-state index contributed by atoms with van der Waals surface area (Å²) in [5, 5.41) is 0. The van der Waals surface area contributed by atoms with E-state index >= 15 is 0 Å². The molecule has 66 valence electrons. The highest BCUT2D eigenvalue weighted by Gasteiger charge is 2.36. The van der Waals surface area contributed by atoms with E-state index < -0.39 is 8.32 Å². The second-order valence-corrected chi connectivity index (χ2v) is 8.76. The van der Waals surface area contributed by atoms with Crippen molar-refractivity contribution in [3.05, 3.63) is 0 Å². The van der Waals surface area contributed by atoms with E-state index in [9.17, 15) is 0 Å². The summed E-state index contributed by atoms with van der Waals surface area (Å²) in [4.78, 5) is 0.544. The van der Waals surface area contributed by atoms with E-state index in [0.717, 1.165) is 13.0 Å². The fourth-order valence-electron chi connectivity index (χ4n) is 1.65. The average molecular weight is 190 g/mol. The zero-order valence-corrected chi connectivity index (χ0v) is 9.36. The van der Waals surface area contributed by atoms with Crippen molar-refractivity contribution in [2.45, 2.75) is 43.7 Å². The third-order valence-electron chi connectivity index (χ3n) is 2.59. The minimum absolute atomic E-state index is 0.544. The van der Waals surface area contributed by atoms with Crippen molar-refractivity contribution in [3.63, 3.8) is 0 Å². The standard InChI is InChI=1S/C8H18OSSi/c1-3-8(10)11(2)7-5-4-6-9-11/h8,10H,3-7H2,1-2H3. The van der Waals surface area contributed by atoms with Gasteiger partial charge in [-0.1, -0.05) is 13.3 Å². The van der Waals surface area contributed by atoms with Gasteiger partial charge in [0.2, 0.25) is 8.32 Å². The maximum absolute atomic E-state index is 5.88. The van der Waals surface area contributed by atoms with Crippen LogP contribution in [0.25, 0.3) is 0 Å². The molecule has 1 fully saturated rings. The monoisotopic (exact) mass is 190 g/mol. The molecule has 11 heavy (non-hydrogen) atoms. The summed E-state index contributed by atoms with van der Waals surface area (Å²) < 4.78 is 5.88. The molecule has 1 rings (SSSR count). The van der Waals surface area contributed by atoms with Crippen LogP contribution < -0.4 is 0 Å². The zero-order chi connectivity index (χ0) is 8.32. The second-order valence-electron chi connectivity index (χ2n) is 3.54. The lowest BCUT2D eigenvalue weighted by molar-refractivity contribution is 0.268. The molecule has 1 nitrogen and oxygen atoms in total. The first-order valence-electron chi connectivity index (χ1n) is 4.51. The van der Waals surface area contributed by atoms with E-state index in [1.54, 1.807) is 0 Å². The van der Waals surface area contributed by atoms with Gasteiger partial charge in [-0.15, -0.1) is 0 Å². The first-order valence-corrected chi connectivity index (χ1v) is 7.72. The van der Waals surface area contributed by atoms with Crippen molar-refractivity contribution in [2.24, 2.45) is 0 Å². The predicted octanol–water partition coefficient (Wildman–Crippen LogP) is 2.62. The summed E-state index contributed by atoms with van der Waals surface area (Å²) in [6, 6.07) is 1.31. The van der Waals surface area contributed by atoms with Crippen LogP contribution in [0.1, 0.15) is 26.2 Å². The number of hydrogen-bond acceptors (Lipinski definition) is 2. The summed E-state index contributed by atoms with van der Waals surface area (Å²) in [7, 11) is -1.38. The molecule has 2 atom stereocenters. The molecule has 0 bridgehead atoms. The second kappa shape index (κ2) is 3.96. The summed E-state index contributed by atoms with van der Waals surface area (Å²) in [5.41, 5.74) is 0. The molecule has 1 heterocycles. The van der Waals surface area contributed by atoms with Gasteiger partial charge in [-0.3, -0.25) is 0 Å². The van der Waals surface area contributed by atoms with E-state index in [1.165, 1.54) is 18.9 Å². The first-order chi connectivity index (χ1) is 5.19. The van der Waals surface area contributed by atoms with Crippen LogP contribution in [0.5, 0.6) is 0 Å². The highest BCUT2D eigenvalue weighted by Crippen LogP contribution is 2.28. The topological polar surface area (TPSA) is 9.23 Å². The highest BCUT2D eigenvalue weighted by molar-refractivity contribution is 7.83. The molecule has 3 heteroatoms. The van der Waals surface area contributed by atoms with Crippen molar-refractivity contribution in [3.8, 4) is 0 Å². The van der Waals surface area contributed by atoms with Gasteiger partial charge in [0.25, 0.3) is 0 Å². The molecule has 1 aliphatic rings. The zero-order valence-electron chi connectivity index (χ0n) is 7.47. The van der Waals surface area contributed by atoms with Gasteiger partial charge in [-0.25, -0.2) is 0 Å². The largest absolute Gasteiger partial charge is 0.416 e. The lowest BCUT2D eigenvalue weighted by atomic mass is 10.4. The third-order valence-corrected chi connectivity index (χ3v) is 8.62. The SMILES string of the molecule is CCC(S)[Si]1(C)CCCCO1. The molecule has 2 unspecified atom stereocenters. The van der Waals surface area contributed by atoms with Crippen LogP contribution in [0.4, 0.5) is 0 Å². The van der Waals surface area contributed by atoms with Gasteiger partial charge in [0.15, 0.2) is 0 Å². The summed E-state index contributed by atoms with van der Waals surface area (Å²) in [6.45, 7) is 5.51. The normalized spacial score (nSPS) is 35.2. The lowest BCUT2D eigenvalue weighted by Crippen LogP contribution is -2.46. The minimum Gasteiger partial charge on any atom is -0.416 e. The highest BCUT2D eigenvalue weighted by atomic mass is 32.1. The Kier molecular flexibility index (Phi) is 3.46. The Labute approximate surface area is 76.1 Å². The molecular formula is C8H18OSSi. The number of hydrogen-bond donors (Lipinski definition) is 1. The summed E-state index contributed by atoms with van der Waals surface area (Å²) >= 11 is 4.60. The molecule has 0 aliphatic carbocycles. The molecule has 1 saturated heterocycles. The van der Waals surface area contributed by atoms with Gasteiger partial charge in [-0.05, 0) is 25.4 Å². The van der Waals surface area contributed by atoms with Crippen LogP contribution in [0.3, 0.4) is 0 Å². The molecule has 0 amide bonds. The van der Waals surface area contributed by atoms with E-state index in [2.05, 4.69) is 26.1 Å². The van der Waals surface area contributed by atoms with Crippen molar-refractivity contribution in [1.82, 2.24) is 0 Å². The molecule has 0 saturated carbocycles. The fourth-order valence-corrected chi connectivity index (χ4v) is 5.36. The fraction of sp³-hybridized carbons (Fsp3) is 1.00. The predicted molar refractivity (Wildman–Crippen MR) is 54.7 cm³/mol. The molecule has 0 radical (unpaired) electrons. The lowest BCUT2D eigenvalue weighted by Gasteiger charge is -2.35. The third kappa shape index (κ3) is 2.23. The smallest absolute Gasteiger partial charge is 0.202 e. The van der Waals surface area contributed by atoms with Crippen molar-refractivity contribution in [1.29, 1.82) is 0 Å². The van der Waals surface area contributed by atoms with Gasteiger partial charge in [0, 0.05) is 11.5 Å². The average Bonchev–Trinajstić information content (AvgIpc) is 2.04. The Morgan fingerprint density at radius 2 is 2.27 bits per heavy atom. The molecule has 0 aromatic rings. The Morgan fingerprint density at radius 3 is 2.73 bits per heavy atom. The maximum Gasteiger partial charge on any atom is 0.202 e. The van der Waals surface area contributed by atoms with Crippen LogP contribution in [0.2, 0.25) is 12.6 Å². The molecular weight excluding hydrogens is 172 g/mol. The van der Waals surface area contributed by atoms with Gasteiger partial charge >= 0.3 is 0 Å². The van der Waals surface area contributed by atoms with Gasteiger partial charge < -0.3 is 4.43 Å². The quantitative estimate of drug-likeness (QED) is 0.520. The molecule has 0 aromatic carbocycles. The van der Waals surface area contributed by atoms with Crippen LogP contribution in [0, 0.1) is 0 Å². The van der Waals surface area contributed by atoms with E-state index in [1.807, 2.05) is 0 Å². The Morgan fingerprint density at radius 1 is 1.55 bits per heavy atom. The minimum atomic E-state index is -1.38. The van der Waals surface area contributed by atoms with Crippen molar-refractivity contribution in [2.75, 3.05) is 6.61 Å². The van der Waals surface area contributed by atoms with Gasteiger partial charge in [-0.2, -0.15) is 12.6 Å². The molecule has 0 aromatic heterocycles. The Balaban J connectivity index is 2.49. The van der Waals surface area contributed by atoms with Crippen LogP contribution in [0.15, 0.2) is 0 Å². The van der Waals surface area contributed by atoms with Crippen LogP contribution in [-0.2, 0) is 4.43 Å². The van der Waals surface area contributed by atoms with Crippen LogP contribution >= 0.6 is 12.6 Å². The van der Waals surface area contributed by atoms with Crippen LogP contribution in [-0.4, -0.2) is 19.8 Å². The maximum atomic E-state index is 5.88. The van der Waals surface area contributed by atoms with E-state index in [4.69, 9.17) is 4.43 Å².